The van der Waals surface area contributed by atoms with Crippen molar-refractivity contribution in [3.8, 4) is 0 Å². The summed E-state index contributed by atoms with van der Waals surface area (Å²) in [5.74, 6) is -0.336. The van der Waals surface area contributed by atoms with E-state index >= 15 is 0 Å². The minimum Gasteiger partial charge on any atom is -0.335 e. The Balaban J connectivity index is 1.45. The topological polar surface area (TPSA) is 78.5 Å². The predicted molar refractivity (Wildman–Crippen MR) is 127 cm³/mol. The van der Waals surface area contributed by atoms with E-state index in [-0.39, 0.29) is 22.8 Å². The van der Waals surface area contributed by atoms with Crippen molar-refractivity contribution in [2.75, 3.05) is 13.1 Å². The van der Waals surface area contributed by atoms with Gasteiger partial charge in [0.1, 0.15) is 0 Å². The molecule has 4 rings (SSSR count). The van der Waals surface area contributed by atoms with Crippen LogP contribution in [0.3, 0.4) is 0 Å². The molecular formula is C22H24Cl3N3O3S. The highest BCUT2D eigenvalue weighted by molar-refractivity contribution is 7.89. The Morgan fingerprint density at radius 3 is 2.56 bits per heavy atom. The number of sulfonamides is 1. The average Bonchev–Trinajstić information content (AvgIpc) is 3.59. The quantitative estimate of drug-likeness (QED) is 0.581. The number of hydrogen-bond acceptors (Lipinski definition) is 4. The Bertz CT molecular complexity index is 1110. The van der Waals surface area contributed by atoms with Crippen molar-refractivity contribution >= 4 is 50.7 Å². The summed E-state index contributed by atoms with van der Waals surface area (Å²) in [6.07, 6.45) is 2.32. The molecule has 1 aliphatic heterocycles. The lowest BCUT2D eigenvalue weighted by Crippen LogP contribution is -2.53. The van der Waals surface area contributed by atoms with Gasteiger partial charge in [-0.1, -0.05) is 53.0 Å². The van der Waals surface area contributed by atoms with Crippen molar-refractivity contribution in [3.63, 3.8) is 0 Å². The standard InChI is InChI=1S/C22H24Cl3N3O3S/c23-16-4-2-5-19(10-16)32(30,31)27-17-9-15(11-26-12-17)22(29)28(18-7-8-18)13-14-3-1-6-20(24)21(14)25/h1-6,10,15,17-18,26-27H,7-9,11-13H2/t15-,17-/m1/s1. The summed E-state index contributed by atoms with van der Waals surface area (Å²) in [7, 11) is -3.75. The normalized spacial score (nSPS) is 21.3. The fraction of sp³-hybridized carbons (Fsp3) is 0.409. The predicted octanol–water partition coefficient (Wildman–Crippen LogP) is 4.09. The van der Waals surface area contributed by atoms with E-state index in [9.17, 15) is 13.2 Å². The van der Waals surface area contributed by atoms with E-state index in [2.05, 4.69) is 10.0 Å². The largest absolute Gasteiger partial charge is 0.335 e. The van der Waals surface area contributed by atoms with Crippen LogP contribution in [0.5, 0.6) is 0 Å². The Kier molecular flexibility index (Phi) is 7.34. The minimum atomic E-state index is -3.75. The fourth-order valence-corrected chi connectivity index (χ4v) is 5.93. The van der Waals surface area contributed by atoms with Crippen molar-refractivity contribution in [1.29, 1.82) is 0 Å². The summed E-state index contributed by atoms with van der Waals surface area (Å²) in [5.41, 5.74) is 0.807. The molecule has 1 saturated heterocycles. The van der Waals surface area contributed by atoms with Gasteiger partial charge in [-0.25, -0.2) is 13.1 Å². The summed E-state index contributed by atoms with van der Waals surface area (Å²) < 4.78 is 28.3. The van der Waals surface area contributed by atoms with Crippen LogP contribution in [0.15, 0.2) is 47.4 Å². The first kappa shape index (κ1) is 23.8. The highest BCUT2D eigenvalue weighted by Gasteiger charge is 2.38. The second kappa shape index (κ2) is 9.87. The molecule has 10 heteroatoms. The number of nitrogens with one attached hydrogen (secondary N) is 2. The summed E-state index contributed by atoms with van der Waals surface area (Å²) in [5, 5.41) is 4.47. The van der Waals surface area contributed by atoms with Gasteiger partial charge in [-0.2, -0.15) is 0 Å². The Morgan fingerprint density at radius 1 is 1.09 bits per heavy atom. The number of amides is 1. The first-order chi connectivity index (χ1) is 15.2. The zero-order valence-corrected chi connectivity index (χ0v) is 20.3. The molecular weight excluding hydrogens is 493 g/mol. The molecule has 1 heterocycles. The molecule has 0 radical (unpaired) electrons. The van der Waals surface area contributed by atoms with Crippen LogP contribution in [0.4, 0.5) is 0 Å². The van der Waals surface area contributed by atoms with Crippen LogP contribution in [-0.4, -0.2) is 44.4 Å². The molecule has 2 N–H and O–H groups in total. The van der Waals surface area contributed by atoms with Crippen molar-refractivity contribution < 1.29 is 13.2 Å². The molecule has 2 atom stereocenters. The number of piperidine rings is 1. The molecule has 1 amide bonds. The van der Waals surface area contributed by atoms with Crippen molar-refractivity contribution in [3.05, 3.63) is 63.1 Å². The van der Waals surface area contributed by atoms with Crippen LogP contribution in [-0.2, 0) is 21.4 Å². The monoisotopic (exact) mass is 515 g/mol. The number of hydrogen-bond donors (Lipinski definition) is 2. The number of nitrogens with zero attached hydrogens (tertiary/aromatic N) is 1. The van der Waals surface area contributed by atoms with E-state index in [4.69, 9.17) is 34.8 Å². The van der Waals surface area contributed by atoms with Gasteiger partial charge >= 0.3 is 0 Å². The molecule has 2 aromatic carbocycles. The third-order valence-corrected chi connectivity index (χ3v) is 8.38. The Hall–Kier alpha value is -1.35. The summed E-state index contributed by atoms with van der Waals surface area (Å²) in [6, 6.07) is 11.3. The number of carbonyl (C=O) groups is 1. The van der Waals surface area contributed by atoms with Crippen LogP contribution in [0.25, 0.3) is 0 Å². The third kappa shape index (κ3) is 5.58. The lowest BCUT2D eigenvalue weighted by Gasteiger charge is -2.34. The average molecular weight is 517 g/mol. The van der Waals surface area contributed by atoms with E-state index in [0.717, 1.165) is 18.4 Å². The minimum absolute atomic E-state index is 0.00250. The second-order valence-electron chi connectivity index (χ2n) is 8.28. The number of halogens is 3. The van der Waals surface area contributed by atoms with Gasteiger partial charge in [0.25, 0.3) is 0 Å². The van der Waals surface area contributed by atoms with Gasteiger partial charge in [0, 0.05) is 36.7 Å². The fourth-order valence-electron chi connectivity index (χ4n) is 4.00. The van der Waals surface area contributed by atoms with Crippen LogP contribution < -0.4 is 10.0 Å². The molecule has 6 nitrogen and oxygen atoms in total. The number of carbonyl (C=O) groups excluding carboxylic acids is 1. The molecule has 0 unspecified atom stereocenters. The Morgan fingerprint density at radius 2 is 1.84 bits per heavy atom. The van der Waals surface area contributed by atoms with Crippen LogP contribution in [0, 0.1) is 5.92 Å². The molecule has 0 spiro atoms. The molecule has 2 fully saturated rings. The molecule has 32 heavy (non-hydrogen) atoms. The van der Waals surface area contributed by atoms with Crippen LogP contribution >= 0.6 is 34.8 Å². The van der Waals surface area contributed by atoms with Gasteiger partial charge in [0.05, 0.1) is 20.9 Å². The third-order valence-electron chi connectivity index (χ3n) is 5.77. The van der Waals surface area contributed by atoms with Crippen molar-refractivity contribution in [1.82, 2.24) is 14.9 Å². The van der Waals surface area contributed by atoms with Crippen LogP contribution in [0.2, 0.25) is 15.1 Å². The number of benzene rings is 2. The zero-order valence-electron chi connectivity index (χ0n) is 17.2. The molecule has 1 saturated carbocycles. The molecule has 0 aromatic heterocycles. The van der Waals surface area contributed by atoms with Crippen LogP contribution in [0.1, 0.15) is 24.8 Å². The van der Waals surface area contributed by atoms with Gasteiger partial charge < -0.3 is 10.2 Å². The highest BCUT2D eigenvalue weighted by atomic mass is 35.5. The lowest BCUT2D eigenvalue weighted by atomic mass is 9.94. The first-order valence-corrected chi connectivity index (χ1v) is 13.1. The van der Waals surface area contributed by atoms with Gasteiger partial charge in [-0.3, -0.25) is 4.79 Å². The van der Waals surface area contributed by atoms with Gasteiger partial charge in [0.15, 0.2) is 0 Å². The van der Waals surface area contributed by atoms with E-state index in [0.29, 0.717) is 41.1 Å². The maximum absolute atomic E-state index is 13.4. The molecule has 172 valence electrons. The van der Waals surface area contributed by atoms with Crippen molar-refractivity contribution in [2.24, 2.45) is 5.92 Å². The molecule has 2 aromatic rings. The molecule has 2 aliphatic rings. The van der Waals surface area contributed by atoms with Crippen molar-refractivity contribution in [2.45, 2.75) is 42.8 Å². The van der Waals surface area contributed by atoms with E-state index in [1.54, 1.807) is 18.2 Å². The molecule has 0 bridgehead atoms. The summed E-state index contributed by atoms with van der Waals surface area (Å²) in [6.45, 7) is 1.34. The van der Waals surface area contributed by atoms with Gasteiger partial charge in [-0.15, -0.1) is 0 Å². The van der Waals surface area contributed by atoms with E-state index in [1.165, 1.54) is 12.1 Å². The highest BCUT2D eigenvalue weighted by Crippen LogP contribution is 2.34. The summed E-state index contributed by atoms with van der Waals surface area (Å²) >= 11 is 18.4. The van der Waals surface area contributed by atoms with Gasteiger partial charge in [-0.05, 0) is 49.1 Å². The Labute approximate surface area is 203 Å². The lowest BCUT2D eigenvalue weighted by molar-refractivity contribution is -0.137. The summed E-state index contributed by atoms with van der Waals surface area (Å²) in [4.78, 5) is 15.4. The number of rotatable bonds is 7. The maximum atomic E-state index is 13.4. The van der Waals surface area contributed by atoms with E-state index in [1.807, 2.05) is 17.0 Å². The SMILES string of the molecule is O=C([C@H]1CNC[C@H](NS(=O)(=O)c2cccc(Cl)c2)C1)N(Cc1cccc(Cl)c1Cl)C1CC1. The zero-order chi connectivity index (χ0) is 22.9. The second-order valence-corrected chi connectivity index (χ2v) is 11.2. The maximum Gasteiger partial charge on any atom is 0.240 e. The first-order valence-electron chi connectivity index (χ1n) is 10.5. The van der Waals surface area contributed by atoms with E-state index < -0.39 is 16.1 Å². The molecule has 1 aliphatic carbocycles. The smallest absolute Gasteiger partial charge is 0.240 e. The van der Waals surface area contributed by atoms with Gasteiger partial charge in [0.2, 0.25) is 15.9 Å².